The third-order valence-corrected chi connectivity index (χ3v) is 0.687. The number of rotatable bonds is 3. The first-order valence-corrected chi connectivity index (χ1v) is 2.73. The van der Waals surface area contributed by atoms with Gasteiger partial charge < -0.3 is 4.74 Å². The number of allylic oxidation sites excluding steroid dienone is 3. The molecule has 0 rings (SSSR count). The van der Waals surface area contributed by atoms with Crippen molar-refractivity contribution < 1.29 is 16.4 Å². The predicted molar refractivity (Wildman–Crippen MR) is 40.6 cm³/mol. The number of carbonyl (C=O) groups is 1. The number of hydrogen-bond donors (Lipinski definition) is 0. The Labute approximate surface area is 68.2 Å². The van der Waals surface area contributed by atoms with Gasteiger partial charge in [0.2, 0.25) is 0 Å². The van der Waals surface area contributed by atoms with Crippen molar-refractivity contribution in [3.8, 4) is 0 Å². The van der Waals surface area contributed by atoms with Crippen molar-refractivity contribution >= 4 is 5.97 Å². The van der Waals surface area contributed by atoms with Gasteiger partial charge in [0.15, 0.2) is 0 Å². The van der Waals surface area contributed by atoms with Gasteiger partial charge in [-0.15, -0.1) is 0 Å². The summed E-state index contributed by atoms with van der Waals surface area (Å²) < 4.78 is 38.5. The highest BCUT2D eigenvalue weighted by molar-refractivity contribution is 5.82. The van der Waals surface area contributed by atoms with Gasteiger partial charge >= 0.3 is 5.97 Å². The summed E-state index contributed by atoms with van der Waals surface area (Å²) in [6.45, 7) is -4.22. The van der Waals surface area contributed by atoms with Crippen LogP contribution >= 0.6 is 0 Å². The van der Waals surface area contributed by atoms with E-state index < -0.39 is 19.4 Å². The third-order valence-electron chi connectivity index (χ3n) is 0.687. The van der Waals surface area contributed by atoms with E-state index in [1.54, 1.807) is 13.0 Å². The van der Waals surface area contributed by atoms with E-state index in [1.165, 1.54) is 12.2 Å². The lowest BCUT2D eigenvalue weighted by Crippen LogP contribution is -1.98. The molecule has 0 bridgehead atoms. The normalized spacial score (nSPS) is 21.1. The monoisotopic (exact) mass is 145 g/mol. The molecule has 0 fully saturated rings. The maximum atomic E-state index is 10.9. The van der Waals surface area contributed by atoms with Crippen molar-refractivity contribution in [1.82, 2.24) is 0 Å². The maximum Gasteiger partial charge on any atom is 0.330 e. The molecule has 0 radical (unpaired) electrons. The Morgan fingerprint density at radius 1 is 1.80 bits per heavy atom. The van der Waals surface area contributed by atoms with E-state index in [4.69, 9.17) is 6.85 Å². The number of esters is 1. The lowest BCUT2D eigenvalue weighted by molar-refractivity contribution is -0.137. The molecule has 0 aliphatic carbocycles. The second-order valence-electron chi connectivity index (χ2n) is 1.41. The van der Waals surface area contributed by atoms with Crippen molar-refractivity contribution in [2.75, 3.05) is 6.56 Å². The van der Waals surface area contributed by atoms with Gasteiger partial charge in [-0.1, -0.05) is 18.2 Å². The van der Waals surface area contributed by atoms with Gasteiger partial charge in [0, 0.05) is 10.2 Å². The fraction of sp³-hybridized carbons (Fsp3) is 0.375. The highest BCUT2D eigenvalue weighted by atomic mass is 16.5. The molecule has 0 aromatic rings. The fourth-order valence-corrected chi connectivity index (χ4v) is 0.330. The van der Waals surface area contributed by atoms with Crippen LogP contribution in [0.1, 0.15) is 20.6 Å². The zero-order valence-electron chi connectivity index (χ0n) is 10.6. The molecule has 2 nitrogen and oxygen atoms in total. The molecule has 56 valence electrons. The van der Waals surface area contributed by atoms with Crippen LogP contribution in [0.3, 0.4) is 0 Å². The Morgan fingerprint density at radius 2 is 2.60 bits per heavy atom. The van der Waals surface area contributed by atoms with E-state index in [0.717, 1.165) is 6.08 Å². The van der Waals surface area contributed by atoms with E-state index in [1.807, 2.05) is 0 Å². The minimum Gasteiger partial charge on any atom is -0.463 e. The molecule has 0 aromatic carbocycles. The standard InChI is InChI=1S/C8H12O2/c1-3-5-6-7-8(9)10-4-2/h3,5-7H,4H2,1-2H3/b5-3+,7-6+/i2D3,4D2. The van der Waals surface area contributed by atoms with Crippen LogP contribution in [0.5, 0.6) is 0 Å². The van der Waals surface area contributed by atoms with E-state index >= 15 is 0 Å². The fourth-order valence-electron chi connectivity index (χ4n) is 0.330. The number of carbonyl (C=O) groups excluding carboxylic acids is 1. The van der Waals surface area contributed by atoms with E-state index in [0.29, 0.717) is 0 Å². The molecule has 0 aliphatic rings. The summed E-state index contributed by atoms with van der Waals surface area (Å²) in [5.41, 5.74) is 0. The topological polar surface area (TPSA) is 26.3 Å². The molecule has 0 amide bonds. The second kappa shape index (κ2) is 6.08. The van der Waals surface area contributed by atoms with E-state index in [9.17, 15) is 4.79 Å². The SMILES string of the molecule is [2H]C([2H])([2H])C([2H])([2H])OC(=O)/C=C/C=C/C. The van der Waals surface area contributed by atoms with Crippen LogP contribution in [0.4, 0.5) is 0 Å². The molecular weight excluding hydrogens is 128 g/mol. The zero-order chi connectivity index (χ0) is 12.1. The largest absolute Gasteiger partial charge is 0.463 e. The molecular formula is C8H12O2. The lowest BCUT2D eigenvalue weighted by Gasteiger charge is -1.92. The molecule has 0 N–H and O–H groups in total. The Hall–Kier alpha value is -1.05. The summed E-state index contributed by atoms with van der Waals surface area (Å²) in [7, 11) is 0. The molecule has 0 unspecified atom stereocenters. The van der Waals surface area contributed by atoms with Crippen molar-refractivity contribution in [2.24, 2.45) is 0 Å². The summed E-state index contributed by atoms with van der Waals surface area (Å²) in [6.07, 6.45) is 5.47. The predicted octanol–water partition coefficient (Wildman–Crippen LogP) is 1.68. The van der Waals surface area contributed by atoms with Crippen LogP contribution in [0.2, 0.25) is 0 Å². The zero-order valence-corrected chi connectivity index (χ0v) is 5.63. The average Bonchev–Trinajstić information content (AvgIpc) is 2.01. The molecule has 0 saturated heterocycles. The van der Waals surface area contributed by atoms with Gasteiger partial charge in [0.25, 0.3) is 0 Å². The van der Waals surface area contributed by atoms with Crippen LogP contribution in [-0.2, 0) is 9.53 Å². The maximum absolute atomic E-state index is 10.9. The van der Waals surface area contributed by atoms with Crippen LogP contribution < -0.4 is 0 Å². The first-order valence-electron chi connectivity index (χ1n) is 5.23. The molecule has 10 heavy (non-hydrogen) atoms. The van der Waals surface area contributed by atoms with Crippen molar-refractivity contribution in [3.63, 3.8) is 0 Å². The quantitative estimate of drug-likeness (QED) is 0.343. The first-order chi connectivity index (χ1) is 6.70. The molecule has 2 heteroatoms. The van der Waals surface area contributed by atoms with Gasteiger partial charge in [-0.3, -0.25) is 0 Å². The average molecular weight is 145 g/mol. The van der Waals surface area contributed by atoms with E-state index in [-0.39, 0.29) is 0 Å². The van der Waals surface area contributed by atoms with Crippen molar-refractivity contribution in [3.05, 3.63) is 24.3 Å². The Bertz CT molecular complexity index is 277. The van der Waals surface area contributed by atoms with Crippen LogP contribution in [0, 0.1) is 0 Å². The van der Waals surface area contributed by atoms with Crippen LogP contribution in [0.25, 0.3) is 0 Å². The number of hydrogen-bond acceptors (Lipinski definition) is 2. The Kier molecular flexibility index (Phi) is 2.05. The van der Waals surface area contributed by atoms with Crippen molar-refractivity contribution in [2.45, 2.75) is 13.8 Å². The Balaban J connectivity index is 4.42. The van der Waals surface area contributed by atoms with Gasteiger partial charge in [0.05, 0.1) is 9.30 Å². The van der Waals surface area contributed by atoms with E-state index in [2.05, 4.69) is 4.74 Å². The highest BCUT2D eigenvalue weighted by Crippen LogP contribution is 1.81. The van der Waals surface area contributed by atoms with Gasteiger partial charge in [0.1, 0.15) is 0 Å². The molecule has 0 aromatic heterocycles. The molecule has 0 heterocycles. The summed E-state index contributed by atoms with van der Waals surface area (Å²) in [5, 5.41) is 0. The molecule has 0 aliphatic heterocycles. The van der Waals surface area contributed by atoms with Crippen LogP contribution in [0.15, 0.2) is 24.3 Å². The molecule has 0 saturated carbocycles. The smallest absolute Gasteiger partial charge is 0.330 e. The van der Waals surface area contributed by atoms with Crippen molar-refractivity contribution in [1.29, 1.82) is 0 Å². The first kappa shape index (κ1) is 3.37. The number of ether oxygens (including phenoxy) is 1. The minimum atomic E-state index is -2.99. The summed E-state index contributed by atoms with van der Waals surface area (Å²) in [4.78, 5) is 10.9. The third kappa shape index (κ3) is 5.09. The molecule has 0 atom stereocenters. The Morgan fingerprint density at radius 3 is 3.20 bits per heavy atom. The lowest BCUT2D eigenvalue weighted by atomic mass is 10.4. The minimum absolute atomic E-state index is 0.948. The van der Waals surface area contributed by atoms with Crippen LogP contribution in [-0.4, -0.2) is 12.5 Å². The highest BCUT2D eigenvalue weighted by Gasteiger charge is 1.89. The summed E-state index contributed by atoms with van der Waals surface area (Å²) in [5.74, 6) is -1.03. The molecule has 0 spiro atoms. The van der Waals surface area contributed by atoms with Gasteiger partial charge in [-0.05, 0) is 13.8 Å². The summed E-state index contributed by atoms with van der Waals surface area (Å²) >= 11 is 0. The second-order valence-corrected chi connectivity index (χ2v) is 1.41. The summed E-state index contributed by atoms with van der Waals surface area (Å²) in [6, 6.07) is 0. The van der Waals surface area contributed by atoms with Gasteiger partial charge in [-0.2, -0.15) is 0 Å². The van der Waals surface area contributed by atoms with Gasteiger partial charge in [-0.25, -0.2) is 4.79 Å².